The molecule has 2 aromatic carbocycles. The zero-order valence-corrected chi connectivity index (χ0v) is 15.1. The molecule has 0 aromatic heterocycles. The number of anilines is 1. The van der Waals surface area contributed by atoms with E-state index in [4.69, 9.17) is 19.8 Å². The van der Waals surface area contributed by atoms with Gasteiger partial charge in [-0.2, -0.15) is 0 Å². The summed E-state index contributed by atoms with van der Waals surface area (Å²) in [7, 11) is 1.93. The Labute approximate surface area is 160 Å². The summed E-state index contributed by atoms with van der Waals surface area (Å²) in [6, 6.07) is 13.3. The average Bonchev–Trinajstić information content (AvgIpc) is 2.64. The van der Waals surface area contributed by atoms with Crippen LogP contribution in [-0.4, -0.2) is 46.6 Å². The van der Waals surface area contributed by atoms with Gasteiger partial charge in [0.05, 0.1) is 0 Å². The molecule has 2 rings (SSSR count). The number of amides is 1. The molecule has 0 fully saturated rings. The van der Waals surface area contributed by atoms with Crippen molar-refractivity contribution in [3.8, 4) is 0 Å². The van der Waals surface area contributed by atoms with E-state index >= 15 is 0 Å². The zero-order chi connectivity index (χ0) is 21.1. The highest BCUT2D eigenvalue weighted by Gasteiger charge is 2.08. The Kier molecular flexibility index (Phi) is 9.24. The average molecular weight is 394 g/mol. The van der Waals surface area contributed by atoms with E-state index < -0.39 is 23.6 Å². The molecule has 1 amide bonds. The minimum Gasteiger partial charge on any atom is -0.473 e. The van der Waals surface area contributed by atoms with Crippen LogP contribution in [0.4, 0.5) is 14.5 Å². The monoisotopic (exact) mass is 394 g/mol. The maximum absolute atomic E-state index is 13.1. The van der Waals surface area contributed by atoms with Gasteiger partial charge >= 0.3 is 11.9 Å². The Balaban J connectivity index is 0.000000568. The van der Waals surface area contributed by atoms with E-state index in [1.54, 1.807) is 0 Å². The van der Waals surface area contributed by atoms with Gasteiger partial charge in [-0.15, -0.1) is 0 Å². The van der Waals surface area contributed by atoms with Crippen LogP contribution in [0, 0.1) is 11.6 Å². The third-order valence-electron chi connectivity index (χ3n) is 3.40. The van der Waals surface area contributed by atoms with Crippen LogP contribution in [0.25, 0.3) is 0 Å². The second-order valence-corrected chi connectivity index (χ2v) is 5.76. The molecule has 0 spiro atoms. The number of carboxylic acids is 2. The van der Waals surface area contributed by atoms with Crippen molar-refractivity contribution in [3.63, 3.8) is 0 Å². The lowest BCUT2D eigenvalue weighted by Gasteiger charge is -2.16. The first-order valence-electron chi connectivity index (χ1n) is 8.12. The summed E-state index contributed by atoms with van der Waals surface area (Å²) in [4.78, 5) is 32.0. The number of halogens is 2. The van der Waals surface area contributed by atoms with Crippen LogP contribution in [0.15, 0.2) is 48.5 Å². The largest absolute Gasteiger partial charge is 0.473 e. The third-order valence-corrected chi connectivity index (χ3v) is 3.40. The summed E-state index contributed by atoms with van der Waals surface area (Å²) in [5.74, 6) is -5.78. The van der Waals surface area contributed by atoms with E-state index in [0.717, 1.165) is 18.7 Å². The fraction of sp³-hybridized carbons (Fsp3) is 0.211. The molecule has 0 aliphatic carbocycles. The highest BCUT2D eigenvalue weighted by molar-refractivity contribution is 6.27. The molecule has 0 atom stereocenters. The minimum atomic E-state index is -1.82. The second-order valence-electron chi connectivity index (χ2n) is 5.76. The van der Waals surface area contributed by atoms with Crippen LogP contribution < -0.4 is 5.32 Å². The number of aliphatic carboxylic acids is 2. The molecule has 0 heterocycles. The first kappa shape index (κ1) is 22.7. The predicted octanol–water partition coefficient (Wildman–Crippen LogP) is 2.58. The van der Waals surface area contributed by atoms with E-state index in [9.17, 15) is 13.6 Å². The molecule has 150 valence electrons. The van der Waals surface area contributed by atoms with Crippen molar-refractivity contribution in [1.82, 2.24) is 4.90 Å². The number of carboxylic acid groups (broad SMARTS) is 2. The number of nitrogens with one attached hydrogen (secondary N) is 1. The molecule has 28 heavy (non-hydrogen) atoms. The lowest BCUT2D eigenvalue weighted by Crippen LogP contribution is -2.24. The number of carbonyl (C=O) groups excluding carboxylic acids is 1. The summed E-state index contributed by atoms with van der Waals surface area (Å²) >= 11 is 0. The molecule has 2 aromatic rings. The second kappa shape index (κ2) is 11.4. The first-order chi connectivity index (χ1) is 13.2. The zero-order valence-electron chi connectivity index (χ0n) is 15.1. The van der Waals surface area contributed by atoms with E-state index in [1.165, 1.54) is 11.6 Å². The van der Waals surface area contributed by atoms with Gasteiger partial charge in [0, 0.05) is 31.3 Å². The first-order valence-corrected chi connectivity index (χ1v) is 8.12. The third kappa shape index (κ3) is 8.86. The van der Waals surface area contributed by atoms with Gasteiger partial charge in [0.2, 0.25) is 5.91 Å². The topological polar surface area (TPSA) is 107 Å². The quantitative estimate of drug-likeness (QED) is 0.650. The number of carbonyl (C=O) groups is 3. The van der Waals surface area contributed by atoms with Crippen LogP contribution in [0.5, 0.6) is 0 Å². The van der Waals surface area contributed by atoms with E-state index in [-0.39, 0.29) is 18.0 Å². The number of nitrogens with zero attached hydrogens (tertiary/aromatic N) is 1. The summed E-state index contributed by atoms with van der Waals surface area (Å²) in [6.45, 7) is 1.32. The predicted molar refractivity (Wildman–Crippen MR) is 97.7 cm³/mol. The van der Waals surface area contributed by atoms with Crippen molar-refractivity contribution in [2.75, 3.05) is 18.9 Å². The van der Waals surface area contributed by atoms with E-state index in [2.05, 4.69) is 5.32 Å². The van der Waals surface area contributed by atoms with Crippen molar-refractivity contribution in [2.24, 2.45) is 0 Å². The Morgan fingerprint density at radius 2 is 1.57 bits per heavy atom. The van der Waals surface area contributed by atoms with E-state index in [1.807, 2.05) is 42.3 Å². The SMILES string of the molecule is CN(CCC(=O)Nc1ccc(F)c(F)c1)Cc1ccccc1.O=C(O)C(=O)O. The van der Waals surface area contributed by atoms with Gasteiger partial charge in [0.1, 0.15) is 0 Å². The van der Waals surface area contributed by atoms with Crippen LogP contribution in [0.1, 0.15) is 12.0 Å². The molecule has 0 aliphatic rings. The van der Waals surface area contributed by atoms with E-state index in [0.29, 0.717) is 6.54 Å². The molecule has 0 unspecified atom stereocenters. The van der Waals surface area contributed by atoms with Gasteiger partial charge in [0.15, 0.2) is 11.6 Å². The maximum atomic E-state index is 13.1. The molecule has 7 nitrogen and oxygen atoms in total. The van der Waals surface area contributed by atoms with Crippen LogP contribution in [-0.2, 0) is 20.9 Å². The van der Waals surface area contributed by atoms with Crippen LogP contribution in [0.3, 0.4) is 0 Å². The van der Waals surface area contributed by atoms with Crippen molar-refractivity contribution < 1.29 is 33.4 Å². The van der Waals surface area contributed by atoms with Gasteiger partial charge in [-0.3, -0.25) is 4.79 Å². The lowest BCUT2D eigenvalue weighted by atomic mass is 10.2. The van der Waals surface area contributed by atoms with Crippen molar-refractivity contribution in [3.05, 3.63) is 65.7 Å². The van der Waals surface area contributed by atoms with Gasteiger partial charge in [0.25, 0.3) is 0 Å². The van der Waals surface area contributed by atoms with Crippen molar-refractivity contribution in [2.45, 2.75) is 13.0 Å². The Hall–Kier alpha value is -3.33. The summed E-state index contributed by atoms with van der Waals surface area (Å²) in [5, 5.41) is 17.3. The van der Waals surface area contributed by atoms with Gasteiger partial charge in [-0.25, -0.2) is 18.4 Å². The Morgan fingerprint density at radius 3 is 2.11 bits per heavy atom. The van der Waals surface area contributed by atoms with Crippen molar-refractivity contribution >= 4 is 23.5 Å². The number of hydrogen-bond acceptors (Lipinski definition) is 4. The highest BCUT2D eigenvalue weighted by atomic mass is 19.2. The normalized spacial score (nSPS) is 10.0. The fourth-order valence-corrected chi connectivity index (χ4v) is 2.06. The molecule has 0 radical (unpaired) electrons. The molecule has 0 aliphatic heterocycles. The molecule has 0 bridgehead atoms. The number of hydrogen-bond donors (Lipinski definition) is 3. The molecule has 0 saturated heterocycles. The maximum Gasteiger partial charge on any atom is 0.414 e. The van der Waals surface area contributed by atoms with Gasteiger partial charge in [-0.05, 0) is 24.7 Å². The Bertz CT molecular complexity index is 803. The highest BCUT2D eigenvalue weighted by Crippen LogP contribution is 2.13. The lowest BCUT2D eigenvalue weighted by molar-refractivity contribution is -0.159. The summed E-state index contributed by atoms with van der Waals surface area (Å²) in [5.41, 5.74) is 1.43. The molecule has 3 N–H and O–H groups in total. The molecule has 0 saturated carbocycles. The fourth-order valence-electron chi connectivity index (χ4n) is 2.06. The standard InChI is InChI=1S/C17H18F2N2O.C2H2O4/c1-21(12-13-5-3-2-4-6-13)10-9-17(22)20-14-7-8-15(18)16(19)11-14;3-1(4)2(5)6/h2-8,11H,9-10,12H2,1H3,(H,20,22);(H,3,4)(H,5,6). The smallest absolute Gasteiger partial charge is 0.414 e. The molecule has 9 heteroatoms. The van der Waals surface area contributed by atoms with Gasteiger partial charge in [-0.1, -0.05) is 30.3 Å². The summed E-state index contributed by atoms with van der Waals surface area (Å²) in [6.07, 6.45) is 0.280. The van der Waals surface area contributed by atoms with Crippen LogP contribution in [0.2, 0.25) is 0 Å². The van der Waals surface area contributed by atoms with Crippen molar-refractivity contribution in [1.29, 1.82) is 0 Å². The van der Waals surface area contributed by atoms with Crippen LogP contribution >= 0.6 is 0 Å². The van der Waals surface area contributed by atoms with Gasteiger partial charge < -0.3 is 20.4 Å². The number of rotatable bonds is 6. The minimum absolute atomic E-state index is 0.231. The molecular formula is C19H20F2N2O5. The molecular weight excluding hydrogens is 374 g/mol. The number of benzene rings is 2. The summed E-state index contributed by atoms with van der Waals surface area (Å²) < 4.78 is 25.9. The Morgan fingerprint density at radius 1 is 0.964 bits per heavy atom.